The van der Waals surface area contributed by atoms with Crippen LogP contribution in [0, 0.1) is 0 Å². The molecular weight excluding hydrogens is 272 g/mol. The molecule has 3 rings (SSSR count). The summed E-state index contributed by atoms with van der Waals surface area (Å²) < 4.78 is 1.87. The number of imidazole rings is 1. The summed E-state index contributed by atoms with van der Waals surface area (Å²) in [7, 11) is 1.91. The molecule has 0 bridgehead atoms. The Morgan fingerprint density at radius 3 is 2.80 bits per heavy atom. The fourth-order valence-electron chi connectivity index (χ4n) is 2.21. The molecule has 0 saturated carbocycles. The minimum absolute atomic E-state index is 0.647. The van der Waals surface area contributed by atoms with Crippen LogP contribution < -0.4 is 5.32 Å². The zero-order valence-electron chi connectivity index (χ0n) is 11.2. The van der Waals surface area contributed by atoms with E-state index in [1.807, 2.05) is 23.9 Å². The van der Waals surface area contributed by atoms with Crippen molar-refractivity contribution < 1.29 is 0 Å². The van der Waals surface area contributed by atoms with E-state index in [1.54, 1.807) is 6.20 Å². The third kappa shape index (κ3) is 2.53. The number of nitrogens with zero attached hydrogens (tertiary/aromatic N) is 3. The van der Waals surface area contributed by atoms with Gasteiger partial charge in [-0.1, -0.05) is 35.9 Å². The maximum Gasteiger partial charge on any atom is 0.128 e. The smallest absolute Gasteiger partial charge is 0.128 e. The molecule has 3 aromatic rings. The van der Waals surface area contributed by atoms with Gasteiger partial charge in [-0.05, 0) is 11.6 Å². The summed E-state index contributed by atoms with van der Waals surface area (Å²) in [4.78, 5) is 8.71. The van der Waals surface area contributed by atoms with Crippen LogP contribution in [0.5, 0.6) is 0 Å². The van der Waals surface area contributed by atoms with Gasteiger partial charge in [0, 0.05) is 25.2 Å². The summed E-state index contributed by atoms with van der Waals surface area (Å²) >= 11 is 5.97. The molecule has 4 nitrogen and oxygen atoms in total. The molecule has 0 atom stereocenters. The molecule has 1 aromatic carbocycles. The number of hydrogen-bond donors (Lipinski definition) is 1. The number of halogens is 1. The minimum Gasteiger partial charge on any atom is -0.321 e. The van der Waals surface area contributed by atoms with Crippen molar-refractivity contribution in [2.45, 2.75) is 13.1 Å². The number of benzene rings is 1. The first kappa shape index (κ1) is 13.1. The molecule has 2 aromatic heterocycles. The summed E-state index contributed by atoms with van der Waals surface area (Å²) in [5, 5.41) is 5.19. The van der Waals surface area contributed by atoms with Gasteiger partial charge >= 0.3 is 0 Å². The van der Waals surface area contributed by atoms with Gasteiger partial charge in [-0.2, -0.15) is 0 Å². The first-order valence-electron chi connectivity index (χ1n) is 6.45. The summed E-state index contributed by atoms with van der Waals surface area (Å²) in [6.45, 7) is 1.42. The Hall–Kier alpha value is -1.91. The largest absolute Gasteiger partial charge is 0.321 e. The maximum absolute atomic E-state index is 5.97. The van der Waals surface area contributed by atoms with Gasteiger partial charge in [-0.3, -0.25) is 4.98 Å². The quantitative estimate of drug-likeness (QED) is 0.802. The van der Waals surface area contributed by atoms with Gasteiger partial charge < -0.3 is 9.88 Å². The fourth-order valence-corrected chi connectivity index (χ4v) is 2.35. The monoisotopic (exact) mass is 286 g/mol. The highest BCUT2D eigenvalue weighted by Gasteiger charge is 2.05. The zero-order valence-corrected chi connectivity index (χ0v) is 11.9. The molecule has 2 heterocycles. The Labute approximate surface area is 122 Å². The number of aromatic nitrogens is 3. The number of pyridine rings is 1. The molecule has 0 spiro atoms. The van der Waals surface area contributed by atoms with Gasteiger partial charge in [0.1, 0.15) is 11.0 Å². The van der Waals surface area contributed by atoms with Crippen molar-refractivity contribution in [3.8, 4) is 0 Å². The van der Waals surface area contributed by atoms with Crippen molar-refractivity contribution in [1.29, 1.82) is 0 Å². The zero-order chi connectivity index (χ0) is 13.9. The second-order valence-corrected chi connectivity index (χ2v) is 5.04. The van der Waals surface area contributed by atoms with E-state index in [-0.39, 0.29) is 0 Å². The van der Waals surface area contributed by atoms with Crippen LogP contribution in [-0.4, -0.2) is 14.5 Å². The van der Waals surface area contributed by atoms with Crippen LogP contribution in [0.1, 0.15) is 11.4 Å². The molecule has 0 amide bonds. The predicted octanol–water partition coefficient (Wildman–Crippen LogP) is 2.91. The van der Waals surface area contributed by atoms with Crippen LogP contribution in [0.3, 0.4) is 0 Å². The molecular formula is C15H15ClN4. The van der Waals surface area contributed by atoms with Gasteiger partial charge in [-0.25, -0.2) is 4.98 Å². The van der Waals surface area contributed by atoms with Crippen molar-refractivity contribution in [2.24, 2.45) is 7.05 Å². The molecule has 0 aliphatic heterocycles. The molecule has 20 heavy (non-hydrogen) atoms. The SMILES string of the molecule is Cn1c(Cl)cnc1CNCc1cccc2cccnc12. The Bertz CT molecular complexity index is 730. The molecule has 0 fully saturated rings. The number of hydrogen-bond acceptors (Lipinski definition) is 3. The van der Waals surface area contributed by atoms with Gasteiger partial charge in [0.05, 0.1) is 18.3 Å². The van der Waals surface area contributed by atoms with Crippen LogP contribution in [0.2, 0.25) is 5.15 Å². The second kappa shape index (κ2) is 5.61. The van der Waals surface area contributed by atoms with E-state index in [0.717, 1.165) is 23.3 Å². The lowest BCUT2D eigenvalue weighted by Crippen LogP contribution is -2.16. The Morgan fingerprint density at radius 1 is 1.15 bits per heavy atom. The standard InChI is InChI=1S/C15H15ClN4/c1-20-13(16)9-19-14(20)10-17-8-12-5-2-4-11-6-3-7-18-15(11)12/h2-7,9,17H,8,10H2,1H3. The van der Waals surface area contributed by atoms with Crippen molar-refractivity contribution >= 4 is 22.5 Å². The lowest BCUT2D eigenvalue weighted by molar-refractivity contribution is 0.640. The summed E-state index contributed by atoms with van der Waals surface area (Å²) in [6.07, 6.45) is 3.49. The number of fused-ring (bicyclic) bond motifs is 1. The second-order valence-electron chi connectivity index (χ2n) is 4.65. The Morgan fingerprint density at radius 2 is 2.00 bits per heavy atom. The average molecular weight is 287 g/mol. The summed E-state index contributed by atoms with van der Waals surface area (Å²) in [5.41, 5.74) is 2.23. The molecule has 5 heteroatoms. The van der Waals surface area contributed by atoms with E-state index >= 15 is 0 Å². The highest BCUT2D eigenvalue weighted by Crippen LogP contribution is 2.16. The summed E-state index contributed by atoms with van der Waals surface area (Å²) in [6, 6.07) is 10.2. The fraction of sp³-hybridized carbons (Fsp3) is 0.200. The van der Waals surface area contributed by atoms with Gasteiger partial charge in [0.15, 0.2) is 0 Å². The topological polar surface area (TPSA) is 42.7 Å². The van der Waals surface area contributed by atoms with Crippen molar-refractivity contribution in [3.05, 3.63) is 59.3 Å². The molecule has 0 aliphatic carbocycles. The Kier molecular flexibility index (Phi) is 3.67. The predicted molar refractivity (Wildman–Crippen MR) is 80.5 cm³/mol. The van der Waals surface area contributed by atoms with Crippen molar-refractivity contribution in [2.75, 3.05) is 0 Å². The third-order valence-electron chi connectivity index (χ3n) is 3.34. The normalized spacial score (nSPS) is 11.1. The number of para-hydroxylation sites is 1. The van der Waals surface area contributed by atoms with E-state index < -0.39 is 0 Å². The van der Waals surface area contributed by atoms with Crippen LogP contribution in [0.15, 0.2) is 42.7 Å². The lowest BCUT2D eigenvalue weighted by atomic mass is 10.1. The summed E-state index contributed by atoms with van der Waals surface area (Å²) in [5.74, 6) is 0.920. The molecule has 0 unspecified atom stereocenters. The average Bonchev–Trinajstić information content (AvgIpc) is 2.79. The van der Waals surface area contributed by atoms with Crippen LogP contribution in [-0.2, 0) is 20.1 Å². The lowest BCUT2D eigenvalue weighted by Gasteiger charge is -2.08. The van der Waals surface area contributed by atoms with Crippen LogP contribution in [0.25, 0.3) is 10.9 Å². The third-order valence-corrected chi connectivity index (χ3v) is 3.69. The molecule has 1 N–H and O–H groups in total. The van der Waals surface area contributed by atoms with E-state index in [9.17, 15) is 0 Å². The van der Waals surface area contributed by atoms with E-state index in [2.05, 4.69) is 39.6 Å². The van der Waals surface area contributed by atoms with Crippen LogP contribution in [0.4, 0.5) is 0 Å². The first-order valence-corrected chi connectivity index (χ1v) is 6.83. The highest BCUT2D eigenvalue weighted by atomic mass is 35.5. The van der Waals surface area contributed by atoms with Gasteiger partial charge in [-0.15, -0.1) is 0 Å². The Balaban J connectivity index is 1.73. The number of rotatable bonds is 4. The van der Waals surface area contributed by atoms with Gasteiger partial charge in [0.2, 0.25) is 0 Å². The molecule has 0 saturated heterocycles. The van der Waals surface area contributed by atoms with Crippen molar-refractivity contribution in [1.82, 2.24) is 19.9 Å². The van der Waals surface area contributed by atoms with Crippen molar-refractivity contribution in [3.63, 3.8) is 0 Å². The van der Waals surface area contributed by atoms with E-state index in [1.165, 1.54) is 5.56 Å². The molecule has 0 radical (unpaired) electrons. The van der Waals surface area contributed by atoms with E-state index in [4.69, 9.17) is 11.6 Å². The maximum atomic E-state index is 5.97. The first-order chi connectivity index (χ1) is 9.75. The molecule has 102 valence electrons. The highest BCUT2D eigenvalue weighted by molar-refractivity contribution is 6.29. The minimum atomic E-state index is 0.647. The van der Waals surface area contributed by atoms with E-state index in [0.29, 0.717) is 11.7 Å². The van der Waals surface area contributed by atoms with Gasteiger partial charge in [0.25, 0.3) is 0 Å². The molecule has 0 aliphatic rings. The number of nitrogens with one attached hydrogen (secondary N) is 1. The van der Waals surface area contributed by atoms with Crippen LogP contribution >= 0.6 is 11.6 Å².